The van der Waals surface area contributed by atoms with Crippen LogP contribution in [-0.2, 0) is 4.66 Å². The molecule has 0 N–H and O–H groups in total. The summed E-state index contributed by atoms with van der Waals surface area (Å²) in [5.41, 5.74) is 14.1. The van der Waals surface area contributed by atoms with Crippen LogP contribution >= 0.6 is 0 Å². The Hall–Kier alpha value is -6.35. The lowest BCUT2D eigenvalue weighted by atomic mass is 9.89. The van der Waals surface area contributed by atoms with E-state index >= 15 is 0 Å². The normalized spacial score (nSPS) is 13.5. The second-order valence-electron chi connectivity index (χ2n) is 21.3. The summed E-state index contributed by atoms with van der Waals surface area (Å²) in [7, 11) is -4.52. The monoisotopic (exact) mass is 914 g/mol. The van der Waals surface area contributed by atoms with Crippen LogP contribution in [-0.4, -0.2) is 16.1 Å². The summed E-state index contributed by atoms with van der Waals surface area (Å²) in [6, 6.07) is 59.2. The van der Waals surface area contributed by atoms with E-state index in [9.17, 15) is 8.78 Å². The fourth-order valence-corrected chi connectivity index (χ4v) is 25.0. The highest BCUT2D eigenvalue weighted by Crippen LogP contribution is 2.64. The van der Waals surface area contributed by atoms with E-state index in [-0.39, 0.29) is 16.3 Å². The van der Waals surface area contributed by atoms with Crippen molar-refractivity contribution in [3.05, 3.63) is 204 Å². The SMILES string of the molecule is CC(C)c1ccc(N(c2ccc(F)cc2)c2ccc3c4c(c5ccccc5c3c2)-c2c(cc(N(c3ccc(F)cc3)c3ccc(C(C)C)cc3)c3ccccc23)C4([Si](C)(C)C)[Si](C)(C)C)cc1. The highest BCUT2D eigenvalue weighted by Gasteiger charge is 2.60. The molecular formula is C61H60F2N2Si2. The van der Waals surface area contributed by atoms with E-state index in [1.54, 1.807) is 24.3 Å². The lowest BCUT2D eigenvalue weighted by Crippen LogP contribution is -2.63. The second kappa shape index (κ2) is 16.5. The predicted octanol–water partition coefficient (Wildman–Crippen LogP) is 18.6. The Morgan fingerprint density at radius 2 is 0.791 bits per heavy atom. The van der Waals surface area contributed by atoms with Gasteiger partial charge in [0.15, 0.2) is 0 Å². The molecule has 336 valence electrons. The van der Waals surface area contributed by atoms with Crippen molar-refractivity contribution < 1.29 is 8.78 Å². The van der Waals surface area contributed by atoms with Gasteiger partial charge in [0.1, 0.15) is 11.6 Å². The molecule has 0 bridgehead atoms. The van der Waals surface area contributed by atoms with Gasteiger partial charge in [-0.3, -0.25) is 0 Å². The fraction of sp³-hybridized carbons (Fsp3) is 0.213. The molecule has 0 aliphatic heterocycles. The van der Waals surface area contributed by atoms with Crippen molar-refractivity contribution in [1.29, 1.82) is 0 Å². The van der Waals surface area contributed by atoms with Crippen LogP contribution < -0.4 is 9.80 Å². The smallest absolute Gasteiger partial charge is 0.123 e. The van der Waals surface area contributed by atoms with Crippen LogP contribution in [0.4, 0.5) is 42.9 Å². The first-order valence-corrected chi connectivity index (χ1v) is 30.9. The maximum absolute atomic E-state index is 14.8. The average molecular weight is 915 g/mol. The van der Waals surface area contributed by atoms with E-state index in [2.05, 4.69) is 198 Å². The number of halogens is 2. The van der Waals surface area contributed by atoms with Crippen molar-refractivity contribution >= 4 is 82.6 Å². The molecule has 0 amide bonds. The van der Waals surface area contributed by atoms with Gasteiger partial charge in [0.05, 0.1) is 21.8 Å². The van der Waals surface area contributed by atoms with Gasteiger partial charge in [-0.2, -0.15) is 0 Å². The molecule has 1 aliphatic carbocycles. The van der Waals surface area contributed by atoms with E-state index in [1.165, 1.54) is 60.3 Å². The maximum Gasteiger partial charge on any atom is 0.123 e. The summed E-state index contributed by atoms with van der Waals surface area (Å²) in [5.74, 6) is 0.286. The summed E-state index contributed by atoms with van der Waals surface area (Å²) < 4.78 is 29.1. The van der Waals surface area contributed by atoms with Gasteiger partial charge in [0, 0.05) is 38.5 Å². The molecule has 9 aromatic carbocycles. The molecule has 0 radical (unpaired) electrons. The quantitative estimate of drug-likeness (QED) is 0.0996. The topological polar surface area (TPSA) is 6.48 Å². The van der Waals surface area contributed by atoms with Crippen LogP contribution in [0.5, 0.6) is 0 Å². The van der Waals surface area contributed by atoms with Crippen molar-refractivity contribution in [1.82, 2.24) is 0 Å². The van der Waals surface area contributed by atoms with Crippen LogP contribution in [0.15, 0.2) is 170 Å². The molecule has 0 saturated carbocycles. The zero-order valence-corrected chi connectivity index (χ0v) is 42.5. The number of hydrogen-bond donors (Lipinski definition) is 0. The molecule has 0 heterocycles. The third kappa shape index (κ3) is 7.14. The summed E-state index contributed by atoms with van der Waals surface area (Å²) in [5, 5.41) is 7.37. The summed E-state index contributed by atoms with van der Waals surface area (Å²) in [6.45, 7) is 24.4. The molecule has 1 aliphatic rings. The van der Waals surface area contributed by atoms with E-state index in [0.717, 1.165) is 39.5 Å². The fourth-order valence-electron chi connectivity index (χ4n) is 12.0. The lowest BCUT2D eigenvalue weighted by molar-refractivity contribution is 0.627. The van der Waals surface area contributed by atoms with Crippen LogP contribution in [0.2, 0.25) is 39.3 Å². The Morgan fingerprint density at radius 3 is 1.25 bits per heavy atom. The Morgan fingerprint density at radius 1 is 0.388 bits per heavy atom. The second-order valence-corrected chi connectivity index (χ2v) is 32.3. The van der Waals surface area contributed by atoms with Crippen LogP contribution in [0.3, 0.4) is 0 Å². The van der Waals surface area contributed by atoms with E-state index in [4.69, 9.17) is 0 Å². The van der Waals surface area contributed by atoms with Crippen molar-refractivity contribution in [2.45, 2.75) is 83.5 Å². The first-order chi connectivity index (χ1) is 32.0. The molecule has 10 rings (SSSR count). The van der Waals surface area contributed by atoms with Gasteiger partial charge >= 0.3 is 0 Å². The van der Waals surface area contributed by atoms with Crippen molar-refractivity contribution in [2.75, 3.05) is 9.80 Å². The third-order valence-corrected chi connectivity index (χ3v) is 24.7. The lowest BCUT2D eigenvalue weighted by Gasteiger charge is -2.52. The zero-order valence-electron chi connectivity index (χ0n) is 40.5. The van der Waals surface area contributed by atoms with Gasteiger partial charge in [-0.05, 0) is 163 Å². The van der Waals surface area contributed by atoms with Crippen LogP contribution in [0, 0.1) is 11.6 Å². The van der Waals surface area contributed by atoms with Gasteiger partial charge in [0.2, 0.25) is 0 Å². The van der Waals surface area contributed by atoms with Gasteiger partial charge < -0.3 is 9.80 Å². The molecule has 0 atom stereocenters. The summed E-state index contributed by atoms with van der Waals surface area (Å²) in [4.78, 5) is 4.62. The molecular weight excluding hydrogens is 855 g/mol. The average Bonchev–Trinajstić information content (AvgIpc) is 3.64. The minimum absolute atomic E-state index is 0.244. The zero-order chi connectivity index (χ0) is 47.2. The van der Waals surface area contributed by atoms with E-state index < -0.39 is 16.1 Å². The molecule has 0 spiro atoms. The van der Waals surface area contributed by atoms with E-state index in [1.807, 2.05) is 24.3 Å². The Balaban J connectivity index is 1.32. The Kier molecular flexibility index (Phi) is 10.9. The summed E-state index contributed by atoms with van der Waals surface area (Å²) in [6.07, 6.45) is 0. The van der Waals surface area contributed by atoms with Gasteiger partial charge in [-0.15, -0.1) is 0 Å². The highest BCUT2D eigenvalue weighted by molar-refractivity contribution is 7.00. The minimum Gasteiger partial charge on any atom is -0.310 e. The molecule has 0 saturated heterocycles. The van der Waals surface area contributed by atoms with Crippen LogP contribution in [0.1, 0.15) is 61.8 Å². The third-order valence-electron chi connectivity index (χ3n) is 14.6. The largest absolute Gasteiger partial charge is 0.310 e. The number of rotatable bonds is 10. The van der Waals surface area contributed by atoms with Crippen molar-refractivity contribution in [2.24, 2.45) is 0 Å². The molecule has 67 heavy (non-hydrogen) atoms. The number of hydrogen-bond acceptors (Lipinski definition) is 2. The molecule has 0 fully saturated rings. The molecule has 9 aromatic rings. The molecule has 2 nitrogen and oxygen atoms in total. The standard InChI is InChI=1S/C61H60F2N2Si2/c1-39(2)41-19-27-45(28-20-41)64(46-31-23-43(62)24-32-46)49-35-36-54-55(37-49)50-15-11-13-17-52(50)59-58-53-18-14-12-16-51(53)57(38-56(58)61(60(54)59,66(5,6)7)67(8,9)10)65(48-33-25-44(63)26-34-48)47-29-21-42(22-30-47)40(3)4/h11-40H,1-10H3. The van der Waals surface area contributed by atoms with Gasteiger partial charge in [0.25, 0.3) is 0 Å². The number of nitrogens with zero attached hydrogens (tertiary/aromatic N) is 2. The number of fused-ring (bicyclic) bond motifs is 10. The predicted molar refractivity (Wildman–Crippen MR) is 289 cm³/mol. The number of anilines is 6. The van der Waals surface area contributed by atoms with Crippen LogP contribution in [0.25, 0.3) is 43.4 Å². The van der Waals surface area contributed by atoms with Crippen molar-refractivity contribution in [3.8, 4) is 11.1 Å². The first-order valence-electron chi connectivity index (χ1n) is 23.9. The van der Waals surface area contributed by atoms with Crippen molar-refractivity contribution in [3.63, 3.8) is 0 Å². The van der Waals surface area contributed by atoms with Gasteiger partial charge in [-0.25, -0.2) is 8.78 Å². The van der Waals surface area contributed by atoms with E-state index in [0.29, 0.717) is 11.8 Å². The first kappa shape index (κ1) is 44.5. The Labute approximate surface area is 397 Å². The molecule has 6 heteroatoms. The Bertz CT molecular complexity index is 3310. The molecule has 0 aromatic heterocycles. The highest BCUT2D eigenvalue weighted by atomic mass is 28.4. The number of benzene rings is 9. The summed E-state index contributed by atoms with van der Waals surface area (Å²) >= 11 is 0. The minimum atomic E-state index is -2.26. The van der Waals surface area contributed by atoms with Gasteiger partial charge in [-0.1, -0.05) is 146 Å². The molecule has 0 unspecified atom stereocenters. The maximum atomic E-state index is 14.8.